The molecule has 0 heterocycles. The molecule has 0 spiro atoms. The Morgan fingerprint density at radius 2 is 2.31 bits per heavy atom. The Morgan fingerprint density at radius 3 is 3.00 bits per heavy atom. The average molecular weight is 176 g/mol. The topological polar surface area (TPSA) is 35.2 Å². The van der Waals surface area contributed by atoms with E-state index in [-0.39, 0.29) is 0 Å². The number of nitrogens with two attached hydrogens (primary N) is 1. The highest BCUT2D eigenvalue weighted by Gasteiger charge is 1.93. The minimum absolute atomic E-state index is 0.750. The van der Waals surface area contributed by atoms with Gasteiger partial charge in [0.1, 0.15) is 13.0 Å². The van der Waals surface area contributed by atoms with Crippen LogP contribution in [0.1, 0.15) is 6.42 Å². The zero-order chi connectivity index (χ0) is 9.52. The first-order valence-electron chi connectivity index (χ1n) is 4.59. The van der Waals surface area contributed by atoms with E-state index in [0.717, 1.165) is 30.8 Å². The Bertz CT molecular complexity index is 252. The van der Waals surface area contributed by atoms with Gasteiger partial charge < -0.3 is 10.5 Å². The van der Waals surface area contributed by atoms with Crippen molar-refractivity contribution in [1.29, 1.82) is 0 Å². The Labute approximate surface area is 80.3 Å². The maximum Gasteiger partial charge on any atom is 0.121 e. The summed E-state index contributed by atoms with van der Waals surface area (Å²) in [4.78, 5) is 0. The second kappa shape index (κ2) is 5.52. The third kappa shape index (κ3) is 3.88. The molecule has 0 aliphatic rings. The molecule has 0 amide bonds. The predicted octanol–water partition coefficient (Wildman–Crippen LogP) is 2.21. The van der Waals surface area contributed by atoms with Crippen molar-refractivity contribution in [2.45, 2.75) is 19.6 Å². The van der Waals surface area contributed by atoms with E-state index in [1.807, 2.05) is 24.3 Å². The quantitative estimate of drug-likeness (QED) is 0.424. The van der Waals surface area contributed by atoms with Gasteiger partial charge in [0.2, 0.25) is 0 Å². The van der Waals surface area contributed by atoms with Gasteiger partial charge >= 0.3 is 0 Å². The fourth-order valence-corrected chi connectivity index (χ4v) is 1.08. The molecule has 0 fully saturated rings. The van der Waals surface area contributed by atoms with Crippen molar-refractivity contribution >= 4 is 13.0 Å². The molecule has 13 heavy (non-hydrogen) atoms. The van der Waals surface area contributed by atoms with Crippen LogP contribution in [0.5, 0.6) is 5.75 Å². The van der Waals surface area contributed by atoms with Gasteiger partial charge in [-0.3, -0.25) is 0 Å². The average Bonchev–Trinajstić information content (AvgIpc) is 2.13. The van der Waals surface area contributed by atoms with Crippen LogP contribution in [-0.4, -0.2) is 13.9 Å². The molecular formula is C10H15BNO. The number of rotatable bonds is 5. The van der Waals surface area contributed by atoms with Crippen molar-refractivity contribution in [1.82, 2.24) is 0 Å². The van der Waals surface area contributed by atoms with Gasteiger partial charge in [0.25, 0.3) is 0 Å². The van der Waals surface area contributed by atoms with E-state index in [0.29, 0.717) is 0 Å². The van der Waals surface area contributed by atoms with E-state index in [1.165, 1.54) is 0 Å². The fourth-order valence-electron chi connectivity index (χ4n) is 1.08. The monoisotopic (exact) mass is 176 g/mol. The molecule has 0 aromatic heterocycles. The molecule has 0 saturated carbocycles. The number of hydrogen-bond acceptors (Lipinski definition) is 2. The lowest BCUT2D eigenvalue weighted by Gasteiger charge is -2.05. The number of hydrogen-bond donors (Lipinski definition) is 1. The van der Waals surface area contributed by atoms with E-state index in [2.05, 4.69) is 14.1 Å². The number of benzene rings is 1. The standard InChI is InChI=1S/C10H15BNO/c1-11-6-3-7-13-10-5-2-4-9(12)8-10/h2,4-5,8H,3,6-7,12H2,1H3. The number of ether oxygens (including phenoxy) is 1. The first-order valence-corrected chi connectivity index (χ1v) is 4.59. The van der Waals surface area contributed by atoms with Crippen molar-refractivity contribution in [3.05, 3.63) is 24.3 Å². The van der Waals surface area contributed by atoms with Crippen molar-refractivity contribution in [2.75, 3.05) is 12.3 Å². The molecule has 2 nitrogen and oxygen atoms in total. The summed E-state index contributed by atoms with van der Waals surface area (Å²) in [6.07, 6.45) is 2.16. The van der Waals surface area contributed by atoms with Crippen LogP contribution in [0, 0.1) is 0 Å². The summed E-state index contributed by atoms with van der Waals surface area (Å²) >= 11 is 0. The van der Waals surface area contributed by atoms with E-state index in [4.69, 9.17) is 10.5 Å². The second-order valence-corrected chi connectivity index (χ2v) is 2.97. The van der Waals surface area contributed by atoms with Crippen molar-refractivity contribution in [3.63, 3.8) is 0 Å². The molecule has 0 bridgehead atoms. The molecule has 2 N–H and O–H groups in total. The minimum atomic E-state index is 0.750. The summed E-state index contributed by atoms with van der Waals surface area (Å²) in [6, 6.07) is 7.52. The van der Waals surface area contributed by atoms with Crippen LogP contribution in [0.2, 0.25) is 13.1 Å². The summed E-state index contributed by atoms with van der Waals surface area (Å²) in [5.41, 5.74) is 6.35. The fraction of sp³-hybridized carbons (Fsp3) is 0.400. The maximum absolute atomic E-state index is 5.60. The van der Waals surface area contributed by atoms with Gasteiger partial charge in [0.15, 0.2) is 0 Å². The number of nitrogen functional groups attached to an aromatic ring is 1. The molecule has 3 heteroatoms. The molecule has 0 aliphatic carbocycles. The third-order valence-corrected chi connectivity index (χ3v) is 1.76. The summed E-state index contributed by atoms with van der Waals surface area (Å²) < 4.78 is 5.49. The van der Waals surface area contributed by atoms with Crippen LogP contribution in [0.15, 0.2) is 24.3 Å². The van der Waals surface area contributed by atoms with Crippen molar-refractivity contribution < 1.29 is 4.74 Å². The highest BCUT2D eigenvalue weighted by atomic mass is 16.5. The molecule has 69 valence electrons. The highest BCUT2D eigenvalue weighted by molar-refractivity contribution is 6.33. The van der Waals surface area contributed by atoms with Crippen LogP contribution in [0.4, 0.5) is 5.69 Å². The third-order valence-electron chi connectivity index (χ3n) is 1.76. The lowest BCUT2D eigenvalue weighted by Crippen LogP contribution is -1.98. The van der Waals surface area contributed by atoms with Crippen molar-refractivity contribution in [2.24, 2.45) is 0 Å². The normalized spacial score (nSPS) is 9.62. The zero-order valence-corrected chi connectivity index (χ0v) is 7.99. The van der Waals surface area contributed by atoms with Gasteiger partial charge in [-0.1, -0.05) is 19.2 Å². The lowest BCUT2D eigenvalue weighted by molar-refractivity contribution is 0.317. The Morgan fingerprint density at radius 1 is 1.46 bits per heavy atom. The summed E-state index contributed by atoms with van der Waals surface area (Å²) in [5, 5.41) is 0. The summed E-state index contributed by atoms with van der Waals surface area (Å²) in [7, 11) is 2.14. The first kappa shape index (κ1) is 9.97. The van der Waals surface area contributed by atoms with E-state index in [1.54, 1.807) is 0 Å². The predicted molar refractivity (Wildman–Crippen MR) is 57.4 cm³/mol. The van der Waals surface area contributed by atoms with Crippen LogP contribution in [0.25, 0.3) is 0 Å². The molecular weight excluding hydrogens is 161 g/mol. The van der Waals surface area contributed by atoms with E-state index in [9.17, 15) is 0 Å². The molecule has 1 radical (unpaired) electrons. The highest BCUT2D eigenvalue weighted by Crippen LogP contribution is 2.14. The first-order chi connectivity index (χ1) is 6.33. The van der Waals surface area contributed by atoms with Gasteiger partial charge in [-0.2, -0.15) is 0 Å². The van der Waals surface area contributed by atoms with Crippen LogP contribution >= 0.6 is 0 Å². The molecule has 0 aliphatic heterocycles. The number of anilines is 1. The Balaban J connectivity index is 2.28. The van der Waals surface area contributed by atoms with Crippen LogP contribution in [0.3, 0.4) is 0 Å². The molecule has 1 aromatic carbocycles. The molecule has 1 rings (SSSR count). The SMILES string of the molecule is C[B]CCCOc1cccc(N)c1. The van der Waals surface area contributed by atoms with Crippen LogP contribution < -0.4 is 10.5 Å². The molecule has 0 atom stereocenters. The van der Waals surface area contributed by atoms with Crippen LogP contribution in [-0.2, 0) is 0 Å². The van der Waals surface area contributed by atoms with Gasteiger partial charge in [-0.15, -0.1) is 0 Å². The largest absolute Gasteiger partial charge is 0.494 e. The summed E-state index contributed by atoms with van der Waals surface area (Å²) in [5.74, 6) is 0.858. The van der Waals surface area contributed by atoms with Gasteiger partial charge in [-0.05, 0) is 18.6 Å². The zero-order valence-electron chi connectivity index (χ0n) is 7.99. The van der Waals surface area contributed by atoms with Gasteiger partial charge in [-0.25, -0.2) is 0 Å². The smallest absolute Gasteiger partial charge is 0.121 e. The van der Waals surface area contributed by atoms with E-state index >= 15 is 0 Å². The molecule has 0 unspecified atom stereocenters. The second-order valence-electron chi connectivity index (χ2n) is 2.97. The lowest BCUT2D eigenvalue weighted by atomic mass is 9.77. The van der Waals surface area contributed by atoms with Gasteiger partial charge in [0.05, 0.1) is 6.61 Å². The molecule has 1 aromatic rings. The van der Waals surface area contributed by atoms with E-state index < -0.39 is 0 Å². The van der Waals surface area contributed by atoms with Gasteiger partial charge in [0, 0.05) is 11.8 Å². The summed E-state index contributed by atoms with van der Waals surface area (Å²) in [6.45, 7) is 2.81. The van der Waals surface area contributed by atoms with Crippen molar-refractivity contribution in [3.8, 4) is 5.75 Å². The maximum atomic E-state index is 5.60. The Kier molecular flexibility index (Phi) is 4.23. The Hall–Kier alpha value is -1.12. The minimum Gasteiger partial charge on any atom is -0.494 e. The molecule has 0 saturated heterocycles.